The fraction of sp³-hybridized carbons (Fsp3) is 0.0667. The van der Waals surface area contributed by atoms with Crippen molar-refractivity contribution in [3.63, 3.8) is 0 Å². The van der Waals surface area contributed by atoms with Crippen LogP contribution in [0.25, 0.3) is 11.3 Å². The first-order valence-electron chi connectivity index (χ1n) is 6.35. The van der Waals surface area contributed by atoms with E-state index in [0.717, 1.165) is 23.6 Å². The lowest BCUT2D eigenvalue weighted by Gasteiger charge is -2.06. The van der Waals surface area contributed by atoms with Crippen molar-refractivity contribution in [3.05, 3.63) is 60.4 Å². The van der Waals surface area contributed by atoms with Crippen molar-refractivity contribution < 1.29 is 0 Å². The number of benzene rings is 1. The van der Waals surface area contributed by atoms with Gasteiger partial charge in [0.1, 0.15) is 5.82 Å². The van der Waals surface area contributed by atoms with Gasteiger partial charge in [0.15, 0.2) is 0 Å². The second-order valence-electron chi connectivity index (χ2n) is 4.50. The molecule has 0 amide bonds. The van der Waals surface area contributed by atoms with Gasteiger partial charge in [-0.1, -0.05) is 24.3 Å². The molecule has 0 fully saturated rings. The maximum atomic E-state index is 5.60. The molecule has 20 heavy (non-hydrogen) atoms. The quantitative estimate of drug-likeness (QED) is 0.677. The van der Waals surface area contributed by atoms with Crippen LogP contribution in [-0.4, -0.2) is 15.2 Å². The fourth-order valence-electron chi connectivity index (χ4n) is 1.92. The maximum Gasteiger partial charge on any atom is 0.126 e. The van der Waals surface area contributed by atoms with Crippen LogP contribution >= 0.6 is 0 Å². The van der Waals surface area contributed by atoms with E-state index in [1.165, 1.54) is 5.56 Å². The lowest BCUT2D eigenvalue weighted by molar-refractivity contribution is 1.09. The van der Waals surface area contributed by atoms with Gasteiger partial charge in [-0.25, -0.2) is 4.98 Å². The Morgan fingerprint density at radius 3 is 2.55 bits per heavy atom. The number of pyridine rings is 1. The third-order valence-electron chi connectivity index (χ3n) is 3.03. The predicted octanol–water partition coefficient (Wildman–Crippen LogP) is 2.67. The van der Waals surface area contributed by atoms with Gasteiger partial charge < -0.3 is 11.1 Å². The van der Waals surface area contributed by atoms with Gasteiger partial charge in [0.05, 0.1) is 17.6 Å². The van der Waals surface area contributed by atoms with Crippen molar-refractivity contribution in [2.45, 2.75) is 6.54 Å². The largest absolute Gasteiger partial charge is 0.397 e. The maximum absolute atomic E-state index is 5.60. The van der Waals surface area contributed by atoms with E-state index in [1.807, 2.05) is 18.2 Å². The summed E-state index contributed by atoms with van der Waals surface area (Å²) in [6, 6.07) is 14.0. The summed E-state index contributed by atoms with van der Waals surface area (Å²) in [5, 5.41) is 10.2. The minimum absolute atomic E-state index is 0.666. The first-order chi connectivity index (χ1) is 9.81. The van der Waals surface area contributed by atoms with Crippen molar-refractivity contribution in [2.75, 3.05) is 11.1 Å². The Hall–Kier alpha value is -2.82. The number of aromatic amines is 1. The average molecular weight is 265 g/mol. The monoisotopic (exact) mass is 265 g/mol. The van der Waals surface area contributed by atoms with Crippen molar-refractivity contribution in [2.24, 2.45) is 0 Å². The number of hydrogen-bond acceptors (Lipinski definition) is 4. The minimum Gasteiger partial charge on any atom is -0.397 e. The lowest BCUT2D eigenvalue weighted by atomic mass is 10.1. The van der Waals surface area contributed by atoms with E-state index < -0.39 is 0 Å². The van der Waals surface area contributed by atoms with Crippen LogP contribution in [0.15, 0.2) is 54.9 Å². The summed E-state index contributed by atoms with van der Waals surface area (Å²) in [7, 11) is 0. The second kappa shape index (κ2) is 5.44. The third kappa shape index (κ3) is 2.77. The molecule has 0 aliphatic rings. The summed E-state index contributed by atoms with van der Waals surface area (Å²) < 4.78 is 0. The highest BCUT2D eigenvalue weighted by Crippen LogP contribution is 2.17. The van der Waals surface area contributed by atoms with Crippen LogP contribution in [0.2, 0.25) is 0 Å². The molecule has 4 N–H and O–H groups in total. The highest BCUT2D eigenvalue weighted by atomic mass is 15.1. The van der Waals surface area contributed by atoms with Crippen LogP contribution in [0.5, 0.6) is 0 Å². The predicted molar refractivity (Wildman–Crippen MR) is 80.0 cm³/mol. The summed E-state index contributed by atoms with van der Waals surface area (Å²) in [4.78, 5) is 4.20. The molecule has 0 atom stereocenters. The SMILES string of the molecule is Nc1ccc(NCc2ccc(-c3ccn[nH]3)cc2)nc1. The van der Waals surface area contributed by atoms with Crippen LogP contribution in [0.4, 0.5) is 11.5 Å². The number of aromatic nitrogens is 3. The van der Waals surface area contributed by atoms with Crippen LogP contribution in [0, 0.1) is 0 Å². The molecule has 0 unspecified atom stereocenters. The molecule has 1 aromatic carbocycles. The molecule has 2 heterocycles. The molecule has 0 radical (unpaired) electrons. The van der Waals surface area contributed by atoms with E-state index in [0.29, 0.717) is 5.69 Å². The Labute approximate surface area is 116 Å². The highest BCUT2D eigenvalue weighted by molar-refractivity contribution is 5.58. The van der Waals surface area contributed by atoms with Gasteiger partial charge in [-0.2, -0.15) is 5.10 Å². The molecule has 3 aromatic rings. The Kier molecular flexibility index (Phi) is 3.33. The highest BCUT2D eigenvalue weighted by Gasteiger charge is 1.99. The molecule has 0 saturated carbocycles. The number of nitrogens with one attached hydrogen (secondary N) is 2. The number of hydrogen-bond donors (Lipinski definition) is 3. The summed E-state index contributed by atoms with van der Waals surface area (Å²) in [5.41, 5.74) is 9.59. The normalized spacial score (nSPS) is 10.4. The molecule has 0 saturated heterocycles. The van der Waals surface area contributed by atoms with Crippen LogP contribution < -0.4 is 11.1 Å². The van der Waals surface area contributed by atoms with E-state index in [9.17, 15) is 0 Å². The summed E-state index contributed by atoms with van der Waals surface area (Å²) in [6.07, 6.45) is 3.39. The number of H-pyrrole nitrogens is 1. The topological polar surface area (TPSA) is 79.6 Å². The molecular formula is C15H15N5. The first kappa shape index (κ1) is 12.2. The van der Waals surface area contributed by atoms with E-state index in [4.69, 9.17) is 5.73 Å². The number of nitrogen functional groups attached to an aromatic ring is 1. The van der Waals surface area contributed by atoms with Gasteiger partial charge in [0.25, 0.3) is 0 Å². The lowest BCUT2D eigenvalue weighted by Crippen LogP contribution is -2.01. The average Bonchev–Trinajstić information content (AvgIpc) is 3.01. The van der Waals surface area contributed by atoms with Crippen molar-refractivity contribution >= 4 is 11.5 Å². The van der Waals surface area contributed by atoms with Crippen LogP contribution in [0.1, 0.15) is 5.56 Å². The second-order valence-corrected chi connectivity index (χ2v) is 4.50. The smallest absolute Gasteiger partial charge is 0.126 e. The number of nitrogens with zero attached hydrogens (tertiary/aromatic N) is 2. The van der Waals surface area contributed by atoms with Gasteiger partial charge in [0, 0.05) is 12.7 Å². The Morgan fingerprint density at radius 1 is 1.05 bits per heavy atom. The summed E-state index contributed by atoms with van der Waals surface area (Å²) in [5.74, 6) is 0.817. The molecule has 100 valence electrons. The molecule has 0 aliphatic heterocycles. The zero-order chi connectivity index (χ0) is 13.8. The van der Waals surface area contributed by atoms with E-state index in [-0.39, 0.29) is 0 Å². The molecule has 0 bridgehead atoms. The fourth-order valence-corrected chi connectivity index (χ4v) is 1.92. The Morgan fingerprint density at radius 2 is 1.90 bits per heavy atom. The number of anilines is 2. The van der Waals surface area contributed by atoms with Crippen LogP contribution in [-0.2, 0) is 6.54 Å². The van der Waals surface area contributed by atoms with Crippen molar-refractivity contribution in [1.82, 2.24) is 15.2 Å². The molecule has 5 nitrogen and oxygen atoms in total. The first-order valence-corrected chi connectivity index (χ1v) is 6.35. The van der Waals surface area contributed by atoms with Gasteiger partial charge in [0.2, 0.25) is 0 Å². The minimum atomic E-state index is 0.666. The number of nitrogens with two attached hydrogens (primary N) is 1. The third-order valence-corrected chi connectivity index (χ3v) is 3.03. The molecular weight excluding hydrogens is 250 g/mol. The molecule has 3 rings (SSSR count). The van der Waals surface area contributed by atoms with Gasteiger partial charge >= 0.3 is 0 Å². The van der Waals surface area contributed by atoms with Crippen molar-refractivity contribution in [3.8, 4) is 11.3 Å². The molecule has 0 aliphatic carbocycles. The zero-order valence-corrected chi connectivity index (χ0v) is 10.9. The van der Waals surface area contributed by atoms with Crippen molar-refractivity contribution in [1.29, 1.82) is 0 Å². The number of rotatable bonds is 4. The molecule has 5 heteroatoms. The zero-order valence-electron chi connectivity index (χ0n) is 10.9. The van der Waals surface area contributed by atoms with E-state index >= 15 is 0 Å². The standard InChI is InChI=1S/C15H15N5/c16-13-5-6-15(18-10-13)17-9-11-1-3-12(4-2-11)14-7-8-19-20-14/h1-8,10H,9,16H2,(H,17,18)(H,19,20). The summed E-state index contributed by atoms with van der Waals surface area (Å²) >= 11 is 0. The van der Waals surface area contributed by atoms with Gasteiger partial charge in [-0.3, -0.25) is 5.10 Å². The Balaban J connectivity index is 1.65. The van der Waals surface area contributed by atoms with E-state index in [2.05, 4.69) is 44.8 Å². The molecule has 0 spiro atoms. The van der Waals surface area contributed by atoms with Gasteiger partial charge in [-0.05, 0) is 29.3 Å². The van der Waals surface area contributed by atoms with Crippen LogP contribution in [0.3, 0.4) is 0 Å². The summed E-state index contributed by atoms with van der Waals surface area (Å²) in [6.45, 7) is 0.722. The molecule has 2 aromatic heterocycles. The Bertz CT molecular complexity index is 656. The van der Waals surface area contributed by atoms with E-state index in [1.54, 1.807) is 12.4 Å². The van der Waals surface area contributed by atoms with Gasteiger partial charge in [-0.15, -0.1) is 0 Å².